The molecule has 31 N–H and O–H groups in total. The Morgan fingerprint density at radius 3 is 1.33 bits per heavy atom. The third kappa shape index (κ3) is 40.3. The number of guanidine groups is 1. The summed E-state index contributed by atoms with van der Waals surface area (Å²) < 4.78 is 0. The minimum Gasteiger partial charge on any atom is -0.481 e. The smallest absolute Gasteiger partial charge is 0.326 e. The molecule has 0 saturated carbocycles. The first-order chi connectivity index (χ1) is 57.8. The van der Waals surface area contributed by atoms with Crippen LogP contribution in [-0.2, 0) is 99.1 Å². The maximum atomic E-state index is 14.5. The van der Waals surface area contributed by atoms with Crippen LogP contribution in [0.5, 0.6) is 0 Å². The summed E-state index contributed by atoms with van der Waals surface area (Å²) in [7, 11) is 0. The number of amides is 15. The molecule has 123 heavy (non-hydrogen) atoms. The van der Waals surface area contributed by atoms with Crippen molar-refractivity contribution in [3.8, 4) is 0 Å². The largest absolute Gasteiger partial charge is 0.481 e. The van der Waals surface area contributed by atoms with Crippen molar-refractivity contribution < 1.29 is 112 Å². The third-order valence-corrected chi connectivity index (χ3v) is 19.7. The molecule has 47 nitrogen and oxygen atoms in total. The Balaban J connectivity index is 2.40. The van der Waals surface area contributed by atoms with E-state index in [1.807, 2.05) is 13.8 Å². The molecule has 48 heteroatoms. The van der Waals surface area contributed by atoms with E-state index in [1.54, 1.807) is 40.9 Å². The summed E-state index contributed by atoms with van der Waals surface area (Å²) in [5, 5.41) is 94.8. The topological polar surface area (TPSA) is 774 Å². The minimum absolute atomic E-state index is 0.00945. The van der Waals surface area contributed by atoms with Gasteiger partial charge < -0.3 is 138 Å². The maximum absolute atomic E-state index is 14.5. The molecule has 2 aromatic heterocycles. The summed E-state index contributed by atoms with van der Waals surface area (Å²) in [6, 6.07) is -24.5. The fourth-order valence-corrected chi connectivity index (χ4v) is 12.5. The molecule has 0 saturated heterocycles. The van der Waals surface area contributed by atoms with Crippen molar-refractivity contribution in [2.24, 2.45) is 46.6 Å². The van der Waals surface area contributed by atoms with Gasteiger partial charge in [0.1, 0.15) is 84.6 Å². The Labute approximate surface area is 715 Å². The molecular formula is C75H126N24O23S. The lowest BCUT2D eigenvalue weighted by Gasteiger charge is -2.30. The Bertz CT molecular complexity index is 3860. The number of thioether (sulfide) groups is 1. The van der Waals surface area contributed by atoms with Gasteiger partial charge >= 0.3 is 17.9 Å². The Morgan fingerprint density at radius 1 is 0.463 bits per heavy atom. The van der Waals surface area contributed by atoms with Crippen LogP contribution in [0, 0.1) is 29.1 Å². The summed E-state index contributed by atoms with van der Waals surface area (Å²) in [6.45, 7) is 14.2. The van der Waals surface area contributed by atoms with Crippen molar-refractivity contribution in [1.82, 2.24) is 99.7 Å². The third-order valence-electron chi connectivity index (χ3n) is 19.0. The van der Waals surface area contributed by atoms with Crippen LogP contribution >= 0.6 is 11.8 Å². The SMILES string of the molecule is CC[C@H](C)[C@H](NC(=O)[C@H](CC(=O)O)NC(=O)[C@H](CO)NC(=O)[C@@H](NC(=O)[C@H](C)NC(=O)[C@H](CC(C)C)NC(=O)[C@H](CC(=O)O)NC(=O)[C@H](CCCNC(=N)N)NC(=O)[C@H](CCCCN)NC(=O)[C@@H](N)CC(C)C)[C@@H](C)O)C(=O)N[C@@H](CCC(N)=O)C(=O)N[C@@H](CCSC)C(=O)N[C@H](C(=O)N[C@@H](Cc1c[nH]cn1)C(=O)N[C@@H](Cc1c[nH]cn1)C(=O)O)C(C)C. The van der Waals surface area contributed by atoms with Gasteiger partial charge in [-0.1, -0.05) is 61.8 Å². The number of carbonyl (C=O) groups is 18. The molecule has 0 spiro atoms. The van der Waals surface area contributed by atoms with Crippen molar-refractivity contribution in [2.45, 2.75) is 262 Å². The van der Waals surface area contributed by atoms with E-state index in [0.29, 0.717) is 18.5 Å². The van der Waals surface area contributed by atoms with Crippen LogP contribution < -0.4 is 103 Å². The number of nitrogens with one attached hydrogen (secondary N) is 18. The van der Waals surface area contributed by atoms with E-state index in [1.165, 1.54) is 43.7 Å². The number of H-pyrrole nitrogens is 2. The number of rotatable bonds is 60. The fraction of sp³-hybridized carbons (Fsp3) is 0.667. The van der Waals surface area contributed by atoms with Gasteiger partial charge in [0.05, 0.1) is 55.6 Å². The number of carboxylic acid groups (broad SMARTS) is 3. The Kier molecular flexibility index (Phi) is 48.4. The van der Waals surface area contributed by atoms with Crippen LogP contribution in [0.4, 0.5) is 0 Å². The molecule has 0 aliphatic heterocycles. The van der Waals surface area contributed by atoms with Crippen LogP contribution in [0.3, 0.4) is 0 Å². The summed E-state index contributed by atoms with van der Waals surface area (Å²) in [5.41, 5.74) is 23.3. The lowest BCUT2D eigenvalue weighted by molar-refractivity contribution is -0.142. The zero-order valence-corrected chi connectivity index (χ0v) is 71.8. The zero-order chi connectivity index (χ0) is 93.1. The predicted molar refractivity (Wildman–Crippen MR) is 443 cm³/mol. The van der Waals surface area contributed by atoms with Crippen molar-refractivity contribution in [3.63, 3.8) is 0 Å². The number of aliphatic hydroxyl groups is 2. The zero-order valence-electron chi connectivity index (χ0n) is 71.0. The highest BCUT2D eigenvalue weighted by molar-refractivity contribution is 7.98. The van der Waals surface area contributed by atoms with Gasteiger partial charge in [-0.25, -0.2) is 14.8 Å². The van der Waals surface area contributed by atoms with Crippen molar-refractivity contribution in [3.05, 3.63) is 36.4 Å². The van der Waals surface area contributed by atoms with E-state index in [9.17, 15) is 112 Å². The number of carbonyl (C=O) groups excluding carboxylic acids is 15. The van der Waals surface area contributed by atoms with Crippen molar-refractivity contribution >= 4 is 124 Å². The molecule has 0 unspecified atom stereocenters. The van der Waals surface area contributed by atoms with Crippen LogP contribution in [0.2, 0.25) is 0 Å². The Morgan fingerprint density at radius 2 is 0.862 bits per heavy atom. The molecule has 2 heterocycles. The highest BCUT2D eigenvalue weighted by Crippen LogP contribution is 2.16. The average molecular weight is 1760 g/mol. The molecule has 2 aromatic rings. The highest BCUT2D eigenvalue weighted by Gasteiger charge is 2.41. The predicted octanol–water partition coefficient (Wildman–Crippen LogP) is -7.34. The number of aromatic amines is 2. The number of aliphatic carboxylic acids is 3. The first kappa shape index (κ1) is 107. The van der Waals surface area contributed by atoms with Crippen LogP contribution in [-0.4, -0.2) is 286 Å². The first-order valence-corrected chi connectivity index (χ1v) is 41.6. The molecular weight excluding hydrogens is 1640 g/mol. The molecule has 0 fully saturated rings. The lowest BCUT2D eigenvalue weighted by atomic mass is 9.96. The molecule has 690 valence electrons. The normalized spacial score (nSPS) is 15.4. The maximum Gasteiger partial charge on any atom is 0.326 e. The molecule has 0 aromatic carbocycles. The fourth-order valence-electron chi connectivity index (χ4n) is 12.0. The highest BCUT2D eigenvalue weighted by atomic mass is 32.2. The molecule has 15 amide bonds. The number of primary amides is 1. The van der Waals surface area contributed by atoms with E-state index in [4.69, 9.17) is 28.3 Å². The molecule has 17 atom stereocenters. The second kappa shape index (κ2) is 55.4. The van der Waals surface area contributed by atoms with E-state index in [0.717, 1.165) is 13.8 Å². The molecule has 0 aliphatic carbocycles. The van der Waals surface area contributed by atoms with Gasteiger partial charge in [-0.15, -0.1) is 0 Å². The van der Waals surface area contributed by atoms with Gasteiger partial charge in [0.15, 0.2) is 5.96 Å². The quantitative estimate of drug-likeness (QED) is 0.0166. The number of hydrogen-bond acceptors (Lipinski definition) is 26. The number of unbranched alkanes of at least 4 members (excludes halogenated alkanes) is 1. The number of carboxylic acids is 3. The van der Waals surface area contributed by atoms with E-state index < -0.39 is 259 Å². The number of aromatic nitrogens is 4. The number of nitrogens with two attached hydrogens (primary N) is 4. The van der Waals surface area contributed by atoms with Gasteiger partial charge in [0.2, 0.25) is 88.6 Å². The number of aliphatic hydroxyl groups excluding tert-OH is 2. The monoisotopic (exact) mass is 1760 g/mol. The van der Waals surface area contributed by atoms with Crippen molar-refractivity contribution in [1.29, 1.82) is 5.41 Å². The Hall–Kier alpha value is -11.7. The molecule has 0 bridgehead atoms. The van der Waals surface area contributed by atoms with Crippen LogP contribution in [0.1, 0.15) is 164 Å². The van der Waals surface area contributed by atoms with Crippen LogP contribution in [0.15, 0.2) is 25.0 Å². The average Bonchev–Trinajstić information content (AvgIpc) is 1.74. The second-order valence-electron chi connectivity index (χ2n) is 30.8. The summed E-state index contributed by atoms with van der Waals surface area (Å²) in [6.07, 6.45) is 2.27. The summed E-state index contributed by atoms with van der Waals surface area (Å²) >= 11 is 1.25. The molecule has 0 aliphatic rings. The number of nitrogens with zero attached hydrogens (tertiary/aromatic N) is 2. The molecule has 2 rings (SSSR count). The molecule has 0 radical (unpaired) electrons. The van der Waals surface area contributed by atoms with E-state index in [2.05, 4.69) is 99.7 Å². The van der Waals surface area contributed by atoms with Crippen molar-refractivity contribution in [2.75, 3.05) is 31.7 Å². The number of hydrogen-bond donors (Lipinski definition) is 27. The van der Waals surface area contributed by atoms with E-state index in [-0.39, 0.29) is 88.2 Å². The standard InChI is InChI=1S/C75H126N24O23S/c1-12-38(8)58(72(119)90-46(18-19-54(78)102)64(111)89-47(20-23-123-11)65(112)97-57(37(6)7)71(118)94-49(26-41-30-81-33-84-41)67(114)95-52(74(121)122)27-42-31-82-34-85-42)98-69(116)51(29-56(105)106)93-70(117)53(32-100)96-73(120)59(40(10)101)99-60(107)39(9)86-66(113)48(25-36(4)5)91-68(115)50(28-55(103)104)92-63(110)45(17-15-22-83-75(79)80)88-62(109)44(16-13-14-21-76)87-61(108)43(77)24-35(2)3/h30-31,33-40,43-53,57-59,100-101H,12-29,32,76-77H2,1-11H3,(H2,78,102)(H,81,84)(H,82,85)(H,86,113)(H,87,108)(H,88,109)(H,89,111)(H,90,119)(H,91,115)(H,92,110)(H,93,117)(H,94,118)(H,95,114)(H,96,120)(H,97,112)(H,98,116)(H,99,107)(H,103,104)(H,105,106)(H,121,122)(H4,79,80,83)/t38-,39-,40+,43-,44-,45-,46-,47-,48-,49-,50-,51-,52-,53-,57-,58-,59-/m0/s1. The van der Waals surface area contributed by atoms with Gasteiger partial charge in [-0.3, -0.25) is 86.9 Å². The van der Waals surface area contributed by atoms with Gasteiger partial charge in [0.25, 0.3) is 0 Å². The summed E-state index contributed by atoms with van der Waals surface area (Å²) in [5.74, 6) is -23.2. The lowest BCUT2D eigenvalue weighted by Crippen LogP contribution is -2.63. The number of imidazole rings is 2. The van der Waals surface area contributed by atoms with Crippen LogP contribution in [0.25, 0.3) is 0 Å². The van der Waals surface area contributed by atoms with Gasteiger partial charge in [-0.2, -0.15) is 11.8 Å². The summed E-state index contributed by atoms with van der Waals surface area (Å²) in [4.78, 5) is 259. The van der Waals surface area contributed by atoms with Gasteiger partial charge in [-0.05, 0) is 114 Å². The first-order valence-electron chi connectivity index (χ1n) is 40.2. The minimum atomic E-state index is -2.13. The van der Waals surface area contributed by atoms with Gasteiger partial charge in [0, 0.05) is 38.2 Å². The van der Waals surface area contributed by atoms with E-state index >= 15 is 0 Å². The second-order valence-corrected chi connectivity index (χ2v) is 31.8.